The number of amides is 3. The van der Waals surface area contributed by atoms with Crippen LogP contribution >= 0.6 is 0 Å². The van der Waals surface area contributed by atoms with Gasteiger partial charge in [0.05, 0.1) is 36.9 Å². The van der Waals surface area contributed by atoms with Crippen molar-refractivity contribution in [3.63, 3.8) is 0 Å². The van der Waals surface area contributed by atoms with Gasteiger partial charge >= 0.3 is 0 Å². The number of hydrogen-bond donors (Lipinski definition) is 1. The summed E-state index contributed by atoms with van der Waals surface area (Å²) >= 11 is 0. The quantitative estimate of drug-likeness (QED) is 0.692. The van der Waals surface area contributed by atoms with E-state index in [1.807, 2.05) is 31.2 Å². The van der Waals surface area contributed by atoms with Crippen LogP contribution in [0.3, 0.4) is 0 Å². The Labute approximate surface area is 181 Å². The molecule has 1 N–H and O–H groups in total. The number of benzene rings is 2. The van der Waals surface area contributed by atoms with E-state index >= 15 is 0 Å². The van der Waals surface area contributed by atoms with E-state index in [0.29, 0.717) is 24.2 Å². The molecule has 0 aliphatic carbocycles. The van der Waals surface area contributed by atoms with Gasteiger partial charge in [0.15, 0.2) is 0 Å². The Morgan fingerprint density at radius 3 is 2.55 bits per heavy atom. The zero-order valence-electron chi connectivity index (χ0n) is 17.7. The van der Waals surface area contributed by atoms with Gasteiger partial charge in [-0.25, -0.2) is 0 Å². The van der Waals surface area contributed by atoms with E-state index in [4.69, 9.17) is 9.47 Å². The summed E-state index contributed by atoms with van der Waals surface area (Å²) in [6, 6.07) is 12.0. The van der Waals surface area contributed by atoms with Gasteiger partial charge in [0.1, 0.15) is 5.75 Å². The highest BCUT2D eigenvalue weighted by molar-refractivity contribution is 6.22. The minimum Gasteiger partial charge on any atom is -0.497 e. The van der Waals surface area contributed by atoms with Gasteiger partial charge in [0, 0.05) is 12.2 Å². The fourth-order valence-corrected chi connectivity index (χ4v) is 4.09. The second-order valence-electron chi connectivity index (χ2n) is 7.82. The number of nitrogens with one attached hydrogen (secondary N) is 1. The van der Waals surface area contributed by atoms with Gasteiger partial charge in [-0.2, -0.15) is 0 Å². The highest BCUT2D eigenvalue weighted by Crippen LogP contribution is 2.27. The zero-order chi connectivity index (χ0) is 22.0. The van der Waals surface area contributed by atoms with Crippen molar-refractivity contribution in [2.75, 3.05) is 20.3 Å². The topological polar surface area (TPSA) is 84.9 Å². The number of hydrogen-bond acceptors (Lipinski definition) is 5. The normalized spacial score (nSPS) is 18.8. The maximum atomic E-state index is 12.9. The monoisotopic (exact) mass is 422 g/mol. The van der Waals surface area contributed by atoms with Crippen molar-refractivity contribution in [2.24, 2.45) is 0 Å². The summed E-state index contributed by atoms with van der Waals surface area (Å²) in [5.41, 5.74) is 1.92. The number of imide groups is 1. The Kier molecular flexibility index (Phi) is 6.04. The average Bonchev–Trinajstić information content (AvgIpc) is 3.40. The molecule has 0 saturated carbocycles. The zero-order valence-corrected chi connectivity index (χ0v) is 17.7. The van der Waals surface area contributed by atoms with Gasteiger partial charge in [-0.1, -0.05) is 19.1 Å². The summed E-state index contributed by atoms with van der Waals surface area (Å²) in [6.07, 6.45) is 2.37. The van der Waals surface area contributed by atoms with Crippen molar-refractivity contribution < 1.29 is 23.9 Å². The first-order valence-corrected chi connectivity index (χ1v) is 10.6. The van der Waals surface area contributed by atoms with Crippen LogP contribution < -0.4 is 10.1 Å². The second kappa shape index (κ2) is 8.89. The molecule has 2 aromatic carbocycles. The Bertz CT molecular complexity index is 996. The molecule has 2 atom stereocenters. The van der Waals surface area contributed by atoms with Gasteiger partial charge in [0.2, 0.25) is 0 Å². The predicted octanol–water partition coefficient (Wildman–Crippen LogP) is 3.35. The van der Waals surface area contributed by atoms with E-state index in [0.717, 1.165) is 24.2 Å². The summed E-state index contributed by atoms with van der Waals surface area (Å²) in [5.74, 6) is -0.234. The van der Waals surface area contributed by atoms with Crippen LogP contribution in [0.5, 0.6) is 5.75 Å². The van der Waals surface area contributed by atoms with Crippen LogP contribution in [0.25, 0.3) is 0 Å². The van der Waals surface area contributed by atoms with Gasteiger partial charge in [-0.15, -0.1) is 0 Å². The number of methoxy groups -OCH3 is 1. The number of rotatable bonds is 7. The Morgan fingerprint density at radius 2 is 1.90 bits per heavy atom. The van der Waals surface area contributed by atoms with E-state index in [-0.39, 0.29) is 42.0 Å². The number of carbonyl (C=O) groups excluding carboxylic acids is 3. The Hall–Kier alpha value is -3.19. The molecule has 2 unspecified atom stereocenters. The third-order valence-corrected chi connectivity index (χ3v) is 5.87. The van der Waals surface area contributed by atoms with Gasteiger partial charge < -0.3 is 14.8 Å². The highest BCUT2D eigenvalue weighted by Gasteiger charge is 2.38. The first-order valence-electron chi connectivity index (χ1n) is 10.6. The average molecular weight is 422 g/mol. The van der Waals surface area contributed by atoms with Crippen LogP contribution in [0.4, 0.5) is 0 Å². The molecule has 2 aliphatic heterocycles. The SMILES string of the molecule is CCC(NC(=O)c1ccc2c(c1)C(=O)N(CC1CCCO1)C2=O)c1ccc(OC)cc1. The number of nitrogens with zero attached hydrogens (tertiary/aromatic N) is 1. The van der Waals surface area contributed by atoms with E-state index in [1.54, 1.807) is 19.2 Å². The van der Waals surface area contributed by atoms with Crippen molar-refractivity contribution in [1.82, 2.24) is 10.2 Å². The standard InChI is InChI=1S/C24H26N2O5/c1-3-21(15-6-9-17(30-2)10-7-15)25-22(27)16-8-11-19-20(13-16)24(29)26(23(19)28)14-18-5-4-12-31-18/h6-11,13,18,21H,3-5,12,14H2,1-2H3,(H,25,27). The molecule has 0 spiro atoms. The van der Waals surface area contributed by atoms with Crippen LogP contribution in [0.1, 0.15) is 68.9 Å². The molecule has 2 heterocycles. The lowest BCUT2D eigenvalue weighted by atomic mass is 10.0. The first kappa shape index (κ1) is 21.1. The maximum absolute atomic E-state index is 12.9. The Morgan fingerprint density at radius 1 is 1.16 bits per heavy atom. The lowest BCUT2D eigenvalue weighted by Gasteiger charge is -2.18. The molecule has 7 heteroatoms. The van der Waals surface area contributed by atoms with Crippen LogP contribution in [0.2, 0.25) is 0 Å². The van der Waals surface area contributed by atoms with Crippen molar-refractivity contribution in [3.05, 3.63) is 64.7 Å². The van der Waals surface area contributed by atoms with E-state index in [9.17, 15) is 14.4 Å². The van der Waals surface area contributed by atoms with Gasteiger partial charge in [-0.05, 0) is 55.2 Å². The smallest absolute Gasteiger partial charge is 0.261 e. The lowest BCUT2D eigenvalue weighted by molar-refractivity contribution is 0.0475. The molecule has 4 rings (SSSR count). The van der Waals surface area contributed by atoms with Crippen molar-refractivity contribution in [2.45, 2.75) is 38.3 Å². The fourth-order valence-electron chi connectivity index (χ4n) is 4.09. The Balaban J connectivity index is 1.49. The summed E-state index contributed by atoms with van der Waals surface area (Å²) in [6.45, 7) is 2.90. The molecule has 3 amide bonds. The molecular formula is C24H26N2O5. The number of carbonyl (C=O) groups is 3. The minimum absolute atomic E-state index is 0.111. The molecule has 0 radical (unpaired) electrons. The van der Waals surface area contributed by atoms with E-state index in [1.165, 1.54) is 11.0 Å². The molecular weight excluding hydrogens is 396 g/mol. The maximum Gasteiger partial charge on any atom is 0.261 e. The molecule has 1 saturated heterocycles. The molecule has 31 heavy (non-hydrogen) atoms. The molecule has 2 aliphatic rings. The van der Waals surface area contributed by atoms with Crippen LogP contribution in [0.15, 0.2) is 42.5 Å². The minimum atomic E-state index is -0.368. The van der Waals surface area contributed by atoms with Gasteiger partial charge in [0.25, 0.3) is 17.7 Å². The van der Waals surface area contributed by atoms with Crippen LogP contribution in [-0.2, 0) is 4.74 Å². The molecule has 0 aromatic heterocycles. The predicted molar refractivity (Wildman–Crippen MR) is 114 cm³/mol. The second-order valence-corrected chi connectivity index (χ2v) is 7.82. The van der Waals surface area contributed by atoms with Crippen LogP contribution in [0, 0.1) is 0 Å². The van der Waals surface area contributed by atoms with Crippen molar-refractivity contribution in [3.8, 4) is 5.75 Å². The highest BCUT2D eigenvalue weighted by atomic mass is 16.5. The molecule has 0 bridgehead atoms. The van der Waals surface area contributed by atoms with E-state index in [2.05, 4.69) is 5.32 Å². The molecule has 1 fully saturated rings. The first-order chi connectivity index (χ1) is 15.0. The lowest BCUT2D eigenvalue weighted by Crippen LogP contribution is -2.36. The molecule has 2 aromatic rings. The number of ether oxygens (including phenoxy) is 2. The summed E-state index contributed by atoms with van der Waals surface area (Å²) < 4.78 is 10.8. The third kappa shape index (κ3) is 4.18. The van der Waals surface area contributed by atoms with E-state index < -0.39 is 0 Å². The fraction of sp³-hybridized carbons (Fsp3) is 0.375. The van der Waals surface area contributed by atoms with Crippen molar-refractivity contribution >= 4 is 17.7 Å². The summed E-state index contributed by atoms with van der Waals surface area (Å²) in [4.78, 5) is 39.6. The molecule has 7 nitrogen and oxygen atoms in total. The molecule has 162 valence electrons. The third-order valence-electron chi connectivity index (χ3n) is 5.87. The largest absolute Gasteiger partial charge is 0.497 e. The summed E-state index contributed by atoms with van der Waals surface area (Å²) in [7, 11) is 1.61. The number of fused-ring (bicyclic) bond motifs is 1. The van der Waals surface area contributed by atoms with Gasteiger partial charge in [-0.3, -0.25) is 19.3 Å². The summed E-state index contributed by atoms with van der Waals surface area (Å²) in [5, 5.41) is 3.01. The van der Waals surface area contributed by atoms with Crippen molar-refractivity contribution in [1.29, 1.82) is 0 Å². The van der Waals surface area contributed by atoms with Crippen LogP contribution in [-0.4, -0.2) is 49.0 Å².